The zero-order valence-electron chi connectivity index (χ0n) is 21.7. The summed E-state index contributed by atoms with van der Waals surface area (Å²) in [7, 11) is 0. The maximum absolute atomic E-state index is 12.7. The molecule has 1 heterocycles. The van der Waals surface area contributed by atoms with E-state index in [4.69, 9.17) is 4.42 Å². The lowest BCUT2D eigenvalue weighted by Gasteiger charge is -2.20. The van der Waals surface area contributed by atoms with Gasteiger partial charge in [-0.15, -0.1) is 0 Å². The molecule has 0 atom stereocenters. The topological polar surface area (TPSA) is 91.9 Å². The molecule has 2 aromatic rings. The SMILES string of the molecule is CCN=c1cc2oc3cc(NCC)c(C)cc3c(-c3ccc(C(=O)C(C)C)cc3C(=O)O)c-2cc1C. The molecule has 36 heavy (non-hydrogen) atoms. The summed E-state index contributed by atoms with van der Waals surface area (Å²) in [5, 5.41) is 15.2. The lowest BCUT2D eigenvalue weighted by molar-refractivity contribution is 0.0697. The molecule has 0 saturated heterocycles. The molecule has 2 N–H and O–H groups in total. The normalized spacial score (nSPS) is 12.0. The number of aryl methyl sites for hydroxylation is 2. The minimum atomic E-state index is -1.08. The fourth-order valence-electron chi connectivity index (χ4n) is 4.63. The van der Waals surface area contributed by atoms with E-state index in [1.807, 2.05) is 65.8 Å². The summed E-state index contributed by atoms with van der Waals surface area (Å²) in [6, 6.07) is 12.9. The van der Waals surface area contributed by atoms with Crippen LogP contribution >= 0.6 is 0 Å². The second kappa shape index (κ2) is 9.97. The van der Waals surface area contributed by atoms with Crippen LogP contribution in [0.15, 0.2) is 51.9 Å². The first-order valence-corrected chi connectivity index (χ1v) is 12.3. The Kier molecular flexibility index (Phi) is 6.97. The third-order valence-electron chi connectivity index (χ3n) is 6.41. The van der Waals surface area contributed by atoms with Crippen LogP contribution in [-0.2, 0) is 0 Å². The quantitative estimate of drug-likeness (QED) is 0.225. The molecule has 1 aliphatic heterocycles. The molecule has 0 aromatic heterocycles. The molecule has 2 aromatic carbocycles. The molecular weight excluding hydrogens is 452 g/mol. The number of hydrogen-bond acceptors (Lipinski definition) is 5. The van der Waals surface area contributed by atoms with Gasteiger partial charge in [-0.3, -0.25) is 9.79 Å². The highest BCUT2D eigenvalue weighted by Crippen LogP contribution is 2.43. The van der Waals surface area contributed by atoms with Gasteiger partial charge in [-0.1, -0.05) is 26.0 Å². The molecule has 6 nitrogen and oxygen atoms in total. The summed E-state index contributed by atoms with van der Waals surface area (Å²) in [5.41, 5.74) is 6.20. The van der Waals surface area contributed by atoms with E-state index >= 15 is 0 Å². The monoisotopic (exact) mass is 484 g/mol. The zero-order chi connectivity index (χ0) is 26.1. The van der Waals surface area contributed by atoms with Crippen molar-refractivity contribution in [3.63, 3.8) is 0 Å². The van der Waals surface area contributed by atoms with Gasteiger partial charge in [-0.2, -0.15) is 0 Å². The Bertz CT molecular complexity index is 1530. The smallest absolute Gasteiger partial charge is 0.336 e. The number of fused-ring (bicyclic) bond motifs is 2. The van der Waals surface area contributed by atoms with Gasteiger partial charge in [0.15, 0.2) is 5.78 Å². The molecule has 2 aliphatic rings. The maximum atomic E-state index is 12.7. The highest BCUT2D eigenvalue weighted by Gasteiger charge is 2.24. The summed E-state index contributed by atoms with van der Waals surface area (Å²) in [4.78, 5) is 29.7. The highest BCUT2D eigenvalue weighted by atomic mass is 16.4. The molecule has 0 saturated carbocycles. The fourth-order valence-corrected chi connectivity index (χ4v) is 4.63. The van der Waals surface area contributed by atoms with E-state index in [1.165, 1.54) is 6.07 Å². The molecule has 1 aliphatic carbocycles. The minimum absolute atomic E-state index is 0.0867. The Balaban J connectivity index is 2.16. The molecule has 4 rings (SSSR count). The predicted octanol–water partition coefficient (Wildman–Crippen LogP) is 6.71. The van der Waals surface area contributed by atoms with E-state index in [0.29, 0.717) is 29.0 Å². The zero-order valence-corrected chi connectivity index (χ0v) is 21.7. The van der Waals surface area contributed by atoms with Crippen LogP contribution in [0.1, 0.15) is 59.5 Å². The summed E-state index contributed by atoms with van der Waals surface area (Å²) in [6.45, 7) is 13.0. The van der Waals surface area contributed by atoms with Gasteiger partial charge >= 0.3 is 5.97 Å². The maximum Gasteiger partial charge on any atom is 0.336 e. The van der Waals surface area contributed by atoms with Gasteiger partial charge in [-0.05, 0) is 62.6 Å². The van der Waals surface area contributed by atoms with E-state index in [1.54, 1.807) is 12.1 Å². The van der Waals surface area contributed by atoms with Crippen molar-refractivity contribution in [3.8, 4) is 22.5 Å². The fraction of sp³-hybridized carbons (Fsp3) is 0.300. The first-order valence-electron chi connectivity index (χ1n) is 12.3. The van der Waals surface area contributed by atoms with E-state index in [9.17, 15) is 14.7 Å². The number of carbonyl (C=O) groups is 2. The molecular formula is C30H32N2O4. The van der Waals surface area contributed by atoms with E-state index in [0.717, 1.165) is 45.2 Å². The molecule has 0 radical (unpaired) electrons. The number of carboxylic acid groups (broad SMARTS) is 1. The van der Waals surface area contributed by atoms with Gasteiger partial charge in [0.2, 0.25) is 0 Å². The Morgan fingerprint density at radius 3 is 2.39 bits per heavy atom. The van der Waals surface area contributed by atoms with Crippen LogP contribution in [0, 0.1) is 19.8 Å². The molecule has 186 valence electrons. The predicted molar refractivity (Wildman–Crippen MR) is 144 cm³/mol. The summed E-state index contributed by atoms with van der Waals surface area (Å²) < 4.78 is 6.38. The van der Waals surface area contributed by atoms with Gasteiger partial charge in [0.05, 0.1) is 10.9 Å². The van der Waals surface area contributed by atoms with Gasteiger partial charge in [0.1, 0.15) is 11.3 Å². The number of rotatable bonds is 7. The number of carboxylic acids is 1. The van der Waals surface area contributed by atoms with Crippen LogP contribution in [0.3, 0.4) is 0 Å². The third kappa shape index (κ3) is 4.51. The number of carbonyl (C=O) groups excluding carboxylic acids is 1. The number of aromatic carboxylic acids is 1. The van der Waals surface area contributed by atoms with Crippen molar-refractivity contribution in [3.05, 3.63) is 70.1 Å². The molecule has 0 amide bonds. The summed E-state index contributed by atoms with van der Waals surface area (Å²) in [6.07, 6.45) is 0. The second-order valence-corrected chi connectivity index (χ2v) is 9.36. The first-order chi connectivity index (χ1) is 17.2. The molecule has 0 bridgehead atoms. The average Bonchev–Trinajstić information content (AvgIpc) is 2.83. The van der Waals surface area contributed by atoms with Crippen LogP contribution in [0.2, 0.25) is 0 Å². The van der Waals surface area contributed by atoms with Crippen molar-refractivity contribution in [1.29, 1.82) is 0 Å². The average molecular weight is 485 g/mol. The van der Waals surface area contributed by atoms with Crippen molar-refractivity contribution in [2.45, 2.75) is 41.5 Å². The highest BCUT2D eigenvalue weighted by molar-refractivity contribution is 6.09. The van der Waals surface area contributed by atoms with Crippen molar-refractivity contribution < 1.29 is 19.1 Å². The Morgan fingerprint density at radius 1 is 1.00 bits per heavy atom. The van der Waals surface area contributed by atoms with Crippen molar-refractivity contribution >= 4 is 28.4 Å². The van der Waals surface area contributed by atoms with Crippen molar-refractivity contribution in [2.24, 2.45) is 10.9 Å². The number of benzene rings is 3. The van der Waals surface area contributed by atoms with Crippen molar-refractivity contribution in [1.82, 2.24) is 0 Å². The number of Topliss-reactive ketones (excluding diaryl/α,β-unsaturated/α-hetero) is 1. The van der Waals surface area contributed by atoms with Crippen LogP contribution in [0.4, 0.5) is 5.69 Å². The first kappa shape index (κ1) is 25.2. The van der Waals surface area contributed by atoms with E-state index in [-0.39, 0.29) is 17.3 Å². The van der Waals surface area contributed by atoms with Gasteiger partial charge in [0.25, 0.3) is 0 Å². The lowest BCUT2D eigenvalue weighted by Crippen LogP contribution is -2.11. The molecule has 6 heteroatoms. The Morgan fingerprint density at radius 2 is 1.75 bits per heavy atom. The largest absolute Gasteiger partial charge is 0.478 e. The number of ketones is 1. The Labute approximate surface area is 211 Å². The summed E-state index contributed by atoms with van der Waals surface area (Å²) in [5.74, 6) is -0.777. The van der Waals surface area contributed by atoms with Gasteiger partial charge in [-0.25, -0.2) is 4.79 Å². The van der Waals surface area contributed by atoms with E-state index < -0.39 is 5.97 Å². The van der Waals surface area contributed by atoms with Crippen LogP contribution in [0.25, 0.3) is 33.4 Å². The number of nitrogens with zero attached hydrogens (tertiary/aromatic N) is 1. The number of nitrogens with one attached hydrogen (secondary N) is 1. The van der Waals surface area contributed by atoms with Crippen LogP contribution in [0.5, 0.6) is 0 Å². The molecule has 0 fully saturated rings. The minimum Gasteiger partial charge on any atom is -0.478 e. The molecule has 0 unspecified atom stereocenters. The number of hydrogen-bond donors (Lipinski definition) is 2. The Hall–Kier alpha value is -3.93. The number of anilines is 1. The van der Waals surface area contributed by atoms with E-state index in [2.05, 4.69) is 10.3 Å². The molecule has 0 spiro atoms. The van der Waals surface area contributed by atoms with Crippen LogP contribution < -0.4 is 10.7 Å². The van der Waals surface area contributed by atoms with Crippen molar-refractivity contribution in [2.75, 3.05) is 18.4 Å². The van der Waals surface area contributed by atoms with Crippen LogP contribution in [-0.4, -0.2) is 29.9 Å². The van der Waals surface area contributed by atoms with Gasteiger partial charge < -0.3 is 14.8 Å². The second-order valence-electron chi connectivity index (χ2n) is 9.36. The third-order valence-corrected chi connectivity index (χ3v) is 6.41. The lowest BCUT2D eigenvalue weighted by atomic mass is 9.87. The standard InChI is InChI=1S/C30H32N2O4/c1-7-31-24-14-26-22(11-17(24)5)28(23-12-18(6)25(32-8-2)15-27(23)36-26)20-10-9-19(29(33)16(3)4)13-21(20)30(34)35/h9-16,31H,7-8H2,1-6H3,(H,34,35). The summed E-state index contributed by atoms with van der Waals surface area (Å²) >= 11 is 0. The van der Waals surface area contributed by atoms with Gasteiger partial charge in [0, 0.05) is 58.9 Å².